The second kappa shape index (κ2) is 9.01. The third-order valence-corrected chi connectivity index (χ3v) is 6.27. The zero-order chi connectivity index (χ0) is 21.3. The zero-order valence-electron chi connectivity index (χ0n) is 16.6. The molecule has 2 unspecified atom stereocenters. The van der Waals surface area contributed by atoms with Gasteiger partial charge in [0.05, 0.1) is 24.8 Å². The molecule has 1 amide bonds. The van der Waals surface area contributed by atoms with E-state index in [1.165, 1.54) is 18.2 Å². The Balaban J connectivity index is 1.53. The van der Waals surface area contributed by atoms with Gasteiger partial charge in [-0.3, -0.25) is 4.79 Å². The van der Waals surface area contributed by atoms with Gasteiger partial charge in [0.25, 0.3) is 0 Å². The van der Waals surface area contributed by atoms with Crippen LogP contribution >= 0.6 is 0 Å². The first kappa shape index (κ1) is 21.2. The van der Waals surface area contributed by atoms with E-state index >= 15 is 0 Å². The molecule has 1 N–H and O–H groups in total. The molecule has 1 heterocycles. The van der Waals surface area contributed by atoms with E-state index in [2.05, 4.69) is 4.72 Å². The highest BCUT2D eigenvalue weighted by Crippen LogP contribution is 2.51. The molecule has 1 aliphatic heterocycles. The Morgan fingerprint density at radius 3 is 2.67 bits per heavy atom. The van der Waals surface area contributed by atoms with Gasteiger partial charge >= 0.3 is 0 Å². The Morgan fingerprint density at radius 1 is 1.20 bits per heavy atom. The zero-order valence-corrected chi connectivity index (χ0v) is 17.5. The molecular weight excluding hydrogens is 410 g/mol. The molecule has 30 heavy (non-hydrogen) atoms. The number of hydrogen-bond acceptors (Lipinski definition) is 4. The summed E-state index contributed by atoms with van der Waals surface area (Å²) >= 11 is -1.20. The Kier molecular flexibility index (Phi) is 6.38. The summed E-state index contributed by atoms with van der Waals surface area (Å²) in [7, 11) is 0. The van der Waals surface area contributed by atoms with Gasteiger partial charge in [0.1, 0.15) is 17.9 Å². The molecule has 1 aliphatic carbocycles. The second-order valence-electron chi connectivity index (χ2n) is 7.76. The van der Waals surface area contributed by atoms with Crippen molar-refractivity contribution in [3.05, 3.63) is 59.7 Å². The lowest BCUT2D eigenvalue weighted by atomic mass is 9.95. The van der Waals surface area contributed by atoms with Gasteiger partial charge in [-0.2, -0.15) is 0 Å². The third kappa shape index (κ3) is 4.51. The SMILES string of the molecule is C[S+]([O-])NC1COCCN(C(=O)[C@@H]2C[C@H]2c2ccccc2-c2c(F)cccc2F)C1. The fourth-order valence-electron chi connectivity index (χ4n) is 4.17. The van der Waals surface area contributed by atoms with Gasteiger partial charge in [-0.05, 0) is 35.6 Å². The molecular formula is C22H24F2N2O3S. The maximum atomic E-state index is 14.4. The van der Waals surface area contributed by atoms with Crippen molar-refractivity contribution in [2.45, 2.75) is 18.4 Å². The van der Waals surface area contributed by atoms with E-state index in [4.69, 9.17) is 4.74 Å². The van der Waals surface area contributed by atoms with Crippen LogP contribution in [0.1, 0.15) is 17.9 Å². The normalized spacial score (nSPS) is 24.9. The number of nitrogens with one attached hydrogen (secondary N) is 1. The smallest absolute Gasteiger partial charge is 0.226 e. The summed E-state index contributed by atoms with van der Waals surface area (Å²) in [6.45, 7) is 1.72. The van der Waals surface area contributed by atoms with Crippen LogP contribution in [0.3, 0.4) is 0 Å². The number of halogens is 2. The van der Waals surface area contributed by atoms with E-state index in [1.807, 2.05) is 12.1 Å². The van der Waals surface area contributed by atoms with Crippen molar-refractivity contribution in [1.29, 1.82) is 0 Å². The topological polar surface area (TPSA) is 64.6 Å². The fraction of sp³-hybridized carbons (Fsp3) is 0.409. The first-order valence-corrected chi connectivity index (χ1v) is 11.5. The van der Waals surface area contributed by atoms with Gasteiger partial charge in [0, 0.05) is 30.4 Å². The Morgan fingerprint density at radius 2 is 1.93 bits per heavy atom. The lowest BCUT2D eigenvalue weighted by Crippen LogP contribution is -2.46. The number of benzene rings is 2. The average Bonchev–Trinajstić information content (AvgIpc) is 3.52. The largest absolute Gasteiger partial charge is 0.598 e. The summed E-state index contributed by atoms with van der Waals surface area (Å²) in [5, 5.41) is 0. The Labute approximate surface area is 177 Å². The quantitative estimate of drug-likeness (QED) is 0.735. The predicted octanol–water partition coefficient (Wildman–Crippen LogP) is 2.85. The van der Waals surface area contributed by atoms with Gasteiger partial charge in [-0.15, -0.1) is 4.72 Å². The van der Waals surface area contributed by atoms with Gasteiger partial charge in [-0.1, -0.05) is 30.3 Å². The Hall–Kier alpha value is -2.00. The molecule has 4 atom stereocenters. The van der Waals surface area contributed by atoms with Crippen LogP contribution in [0.5, 0.6) is 0 Å². The van der Waals surface area contributed by atoms with Crippen molar-refractivity contribution in [1.82, 2.24) is 9.62 Å². The van der Waals surface area contributed by atoms with Crippen molar-refractivity contribution in [2.24, 2.45) is 5.92 Å². The van der Waals surface area contributed by atoms with E-state index < -0.39 is 23.0 Å². The molecule has 2 fully saturated rings. The first-order valence-electron chi connectivity index (χ1n) is 9.95. The van der Waals surface area contributed by atoms with E-state index in [-0.39, 0.29) is 29.3 Å². The maximum absolute atomic E-state index is 14.4. The molecule has 4 rings (SSSR count). The van der Waals surface area contributed by atoms with Crippen LogP contribution in [-0.2, 0) is 20.9 Å². The van der Waals surface area contributed by atoms with Gasteiger partial charge in [0.2, 0.25) is 5.91 Å². The van der Waals surface area contributed by atoms with Crippen LogP contribution < -0.4 is 4.72 Å². The highest BCUT2D eigenvalue weighted by molar-refractivity contribution is 7.88. The lowest BCUT2D eigenvalue weighted by Gasteiger charge is -2.24. The number of rotatable bonds is 5. The predicted molar refractivity (Wildman–Crippen MR) is 111 cm³/mol. The number of hydrogen-bond donors (Lipinski definition) is 1. The summed E-state index contributed by atoms with van der Waals surface area (Å²) in [6.07, 6.45) is 2.19. The molecule has 8 heteroatoms. The summed E-state index contributed by atoms with van der Waals surface area (Å²) in [5.41, 5.74) is 1.23. The number of nitrogens with zero attached hydrogens (tertiary/aromatic N) is 1. The number of amides is 1. The number of carbonyl (C=O) groups excluding carboxylic acids is 1. The summed E-state index contributed by atoms with van der Waals surface area (Å²) < 4.78 is 48.7. The van der Waals surface area contributed by atoms with E-state index in [1.54, 1.807) is 23.3 Å². The van der Waals surface area contributed by atoms with Crippen LogP contribution in [0, 0.1) is 17.6 Å². The Bertz CT molecular complexity index is 907. The average molecular weight is 435 g/mol. The summed E-state index contributed by atoms with van der Waals surface area (Å²) in [5.74, 6) is -1.53. The molecule has 1 saturated heterocycles. The number of ether oxygens (including phenoxy) is 1. The molecule has 0 bridgehead atoms. The number of carbonyl (C=O) groups is 1. The standard InChI is InChI=1S/C22H24F2N2O3S/c1-30(28)25-14-12-26(9-10-29-13-14)22(27)18-11-17(18)15-5-2-3-6-16(15)21-19(23)7-4-8-20(21)24/h2-8,14,17-18,25H,9-13H2,1H3/t14?,17-,18+,30?/m0/s1. The van der Waals surface area contributed by atoms with Crippen molar-refractivity contribution in [3.8, 4) is 11.1 Å². The third-order valence-electron chi connectivity index (χ3n) is 5.61. The fourth-order valence-corrected chi connectivity index (χ4v) is 4.78. The summed E-state index contributed by atoms with van der Waals surface area (Å²) in [4.78, 5) is 14.9. The molecule has 1 saturated carbocycles. The van der Waals surface area contributed by atoms with Crippen molar-refractivity contribution < 1.29 is 22.9 Å². The van der Waals surface area contributed by atoms with Gasteiger partial charge in [-0.25, -0.2) is 8.78 Å². The van der Waals surface area contributed by atoms with Crippen LogP contribution in [0.2, 0.25) is 0 Å². The second-order valence-corrected chi connectivity index (χ2v) is 8.90. The highest BCUT2D eigenvalue weighted by Gasteiger charge is 2.47. The summed E-state index contributed by atoms with van der Waals surface area (Å²) in [6, 6.07) is 10.8. The minimum Gasteiger partial charge on any atom is -0.598 e. The molecule has 0 aromatic heterocycles. The maximum Gasteiger partial charge on any atom is 0.226 e. The van der Waals surface area contributed by atoms with Crippen LogP contribution in [0.25, 0.3) is 11.1 Å². The van der Waals surface area contributed by atoms with Crippen molar-refractivity contribution in [3.63, 3.8) is 0 Å². The van der Waals surface area contributed by atoms with E-state index in [9.17, 15) is 18.1 Å². The first-order chi connectivity index (χ1) is 14.5. The van der Waals surface area contributed by atoms with Gasteiger partial charge < -0.3 is 14.2 Å². The van der Waals surface area contributed by atoms with Crippen molar-refractivity contribution >= 4 is 17.3 Å². The molecule has 2 aromatic carbocycles. The molecule has 160 valence electrons. The molecule has 2 aliphatic rings. The molecule has 0 radical (unpaired) electrons. The minimum absolute atomic E-state index is 0.00277. The highest BCUT2D eigenvalue weighted by atomic mass is 32.2. The van der Waals surface area contributed by atoms with Gasteiger partial charge in [0.15, 0.2) is 0 Å². The van der Waals surface area contributed by atoms with Crippen LogP contribution in [0.4, 0.5) is 8.78 Å². The van der Waals surface area contributed by atoms with Crippen LogP contribution in [0.15, 0.2) is 42.5 Å². The monoisotopic (exact) mass is 434 g/mol. The molecule has 2 aromatic rings. The van der Waals surface area contributed by atoms with E-state index in [0.29, 0.717) is 38.3 Å². The van der Waals surface area contributed by atoms with E-state index in [0.717, 1.165) is 5.56 Å². The molecule has 0 spiro atoms. The van der Waals surface area contributed by atoms with Crippen LogP contribution in [-0.4, -0.2) is 54.0 Å². The molecule has 5 nitrogen and oxygen atoms in total. The lowest BCUT2D eigenvalue weighted by molar-refractivity contribution is -0.132. The minimum atomic E-state index is -1.20. The van der Waals surface area contributed by atoms with Crippen molar-refractivity contribution in [2.75, 3.05) is 32.6 Å².